The largest absolute Gasteiger partial charge is 0.409 e. The Morgan fingerprint density at radius 2 is 2.00 bits per heavy atom. The van der Waals surface area contributed by atoms with E-state index in [2.05, 4.69) is 31.7 Å². The number of hydrazine groups is 1. The summed E-state index contributed by atoms with van der Waals surface area (Å²) >= 11 is 3.29. The van der Waals surface area contributed by atoms with Crippen LogP contribution in [-0.4, -0.2) is 35.2 Å². The highest BCUT2D eigenvalue weighted by molar-refractivity contribution is 9.10. The fourth-order valence-electron chi connectivity index (χ4n) is 2.61. The van der Waals surface area contributed by atoms with Crippen molar-refractivity contribution >= 4 is 39.2 Å². The number of nitrogen functional groups attached to an aromatic ring is 1. The van der Waals surface area contributed by atoms with Gasteiger partial charge in [-0.15, -0.1) is 0 Å². The Labute approximate surface area is 161 Å². The maximum atomic E-state index is 12.9. The van der Waals surface area contributed by atoms with Crippen LogP contribution in [0.3, 0.4) is 0 Å². The van der Waals surface area contributed by atoms with Gasteiger partial charge in [-0.3, -0.25) is 4.79 Å². The molecular weight excluding hydrogens is 427 g/mol. The van der Waals surface area contributed by atoms with Crippen LogP contribution < -0.4 is 16.5 Å². The summed E-state index contributed by atoms with van der Waals surface area (Å²) in [6.07, 6.45) is -3.39. The molecule has 0 fully saturated rings. The summed E-state index contributed by atoms with van der Waals surface area (Å²) in [4.78, 5) is 16.4. The van der Waals surface area contributed by atoms with Crippen LogP contribution in [-0.2, 0) is 0 Å². The predicted octanol–water partition coefficient (Wildman–Crippen LogP) is 3.40. The number of pyridine rings is 1. The Bertz CT molecular complexity index is 916. The molecule has 0 saturated carbocycles. The standard InChI is InChI=1S/C17H15BrF3N5O/c1-26-12(8-13(25-26)17(19,20)21)10-6-7-14(23-15(10)22)24-16(27)9-4-2-3-5-11(9)18/h2-8,13,25H,1H3,(H3,22,23,24,27). The summed E-state index contributed by atoms with van der Waals surface area (Å²) in [6.45, 7) is 0. The molecule has 0 bridgehead atoms. The zero-order valence-corrected chi connectivity index (χ0v) is 15.6. The van der Waals surface area contributed by atoms with Gasteiger partial charge in [0.25, 0.3) is 5.91 Å². The second kappa shape index (κ2) is 7.20. The van der Waals surface area contributed by atoms with E-state index in [9.17, 15) is 18.0 Å². The molecule has 1 unspecified atom stereocenters. The van der Waals surface area contributed by atoms with Crippen LogP contribution in [0.2, 0.25) is 0 Å². The van der Waals surface area contributed by atoms with Gasteiger partial charge in [-0.2, -0.15) is 13.2 Å². The molecule has 0 radical (unpaired) electrons. The monoisotopic (exact) mass is 441 g/mol. The van der Waals surface area contributed by atoms with Gasteiger partial charge < -0.3 is 16.1 Å². The van der Waals surface area contributed by atoms with Gasteiger partial charge in [0, 0.05) is 17.1 Å². The van der Waals surface area contributed by atoms with Crippen molar-refractivity contribution in [3.05, 3.63) is 58.1 Å². The van der Waals surface area contributed by atoms with Crippen molar-refractivity contribution in [2.45, 2.75) is 12.2 Å². The maximum Gasteiger partial charge on any atom is 0.409 e. The van der Waals surface area contributed by atoms with Crippen molar-refractivity contribution in [1.82, 2.24) is 15.4 Å². The molecule has 1 aliphatic rings. The van der Waals surface area contributed by atoms with Gasteiger partial charge in [-0.25, -0.2) is 10.4 Å². The van der Waals surface area contributed by atoms with Gasteiger partial charge in [0.1, 0.15) is 17.7 Å². The van der Waals surface area contributed by atoms with Crippen molar-refractivity contribution in [3.63, 3.8) is 0 Å². The first-order valence-corrected chi connectivity index (χ1v) is 8.57. The lowest BCUT2D eigenvalue weighted by molar-refractivity contribution is -0.148. The van der Waals surface area contributed by atoms with Crippen LogP contribution in [0.25, 0.3) is 5.70 Å². The normalized spacial score (nSPS) is 17.0. The molecular formula is C17H15BrF3N5O. The molecule has 1 amide bonds. The van der Waals surface area contributed by atoms with Crippen molar-refractivity contribution in [2.24, 2.45) is 0 Å². The van der Waals surface area contributed by atoms with Gasteiger partial charge in [-0.1, -0.05) is 12.1 Å². The molecule has 2 aromatic rings. The number of aromatic nitrogens is 1. The summed E-state index contributed by atoms with van der Waals surface area (Å²) in [5.74, 6) is -0.195. The minimum atomic E-state index is -4.42. The van der Waals surface area contributed by atoms with E-state index < -0.39 is 18.1 Å². The Morgan fingerprint density at radius 3 is 2.59 bits per heavy atom. The molecule has 0 spiro atoms. The van der Waals surface area contributed by atoms with E-state index in [1.165, 1.54) is 24.2 Å². The highest BCUT2D eigenvalue weighted by Gasteiger charge is 2.42. The first-order chi connectivity index (χ1) is 12.7. The molecule has 6 nitrogen and oxygen atoms in total. The van der Waals surface area contributed by atoms with E-state index in [0.29, 0.717) is 15.6 Å². The number of benzene rings is 1. The lowest BCUT2D eigenvalue weighted by Crippen LogP contribution is -2.42. The zero-order valence-electron chi connectivity index (χ0n) is 14.0. The van der Waals surface area contributed by atoms with E-state index in [-0.39, 0.29) is 17.3 Å². The minimum absolute atomic E-state index is 0.00246. The fourth-order valence-corrected chi connectivity index (χ4v) is 3.08. The second-order valence-corrected chi connectivity index (χ2v) is 6.68. The lowest BCUT2D eigenvalue weighted by atomic mass is 10.1. The summed E-state index contributed by atoms with van der Waals surface area (Å²) in [7, 11) is 1.46. The predicted molar refractivity (Wildman–Crippen MR) is 99.5 cm³/mol. The first-order valence-electron chi connectivity index (χ1n) is 7.78. The summed E-state index contributed by atoms with van der Waals surface area (Å²) in [5.41, 5.74) is 9.21. The molecule has 1 aromatic heterocycles. The van der Waals surface area contributed by atoms with Crippen LogP contribution in [0.1, 0.15) is 15.9 Å². The molecule has 1 atom stereocenters. The number of anilines is 2. The SMILES string of the molecule is CN1NC(C(F)(F)F)C=C1c1ccc(NC(=O)c2ccccc2Br)nc1N. The molecule has 1 aliphatic heterocycles. The minimum Gasteiger partial charge on any atom is -0.383 e. The fraction of sp³-hybridized carbons (Fsp3) is 0.176. The van der Waals surface area contributed by atoms with Crippen molar-refractivity contribution in [1.29, 1.82) is 0 Å². The topological polar surface area (TPSA) is 83.3 Å². The average molecular weight is 442 g/mol. The Kier molecular flexibility index (Phi) is 5.11. The number of alkyl halides is 3. The molecule has 2 heterocycles. The second-order valence-electron chi connectivity index (χ2n) is 5.82. The van der Waals surface area contributed by atoms with Crippen molar-refractivity contribution in [3.8, 4) is 0 Å². The number of carbonyl (C=O) groups excluding carboxylic acids is 1. The van der Waals surface area contributed by atoms with Crippen LogP contribution >= 0.6 is 15.9 Å². The molecule has 10 heteroatoms. The van der Waals surface area contributed by atoms with Crippen molar-refractivity contribution in [2.75, 3.05) is 18.1 Å². The van der Waals surface area contributed by atoms with E-state index in [1.807, 2.05) is 0 Å². The summed E-state index contributed by atoms with van der Waals surface area (Å²) in [6, 6.07) is 8.06. The number of amides is 1. The number of nitrogens with one attached hydrogen (secondary N) is 2. The van der Waals surface area contributed by atoms with Crippen LogP contribution in [0.4, 0.5) is 24.8 Å². The van der Waals surface area contributed by atoms with Crippen LogP contribution in [0.15, 0.2) is 46.9 Å². The average Bonchev–Trinajstić information content (AvgIpc) is 2.97. The number of hydrogen-bond donors (Lipinski definition) is 3. The Morgan fingerprint density at radius 1 is 1.30 bits per heavy atom. The highest BCUT2D eigenvalue weighted by atomic mass is 79.9. The number of hydrogen-bond acceptors (Lipinski definition) is 5. The zero-order chi connectivity index (χ0) is 19.8. The molecule has 3 rings (SSSR count). The van der Waals surface area contributed by atoms with Crippen LogP contribution in [0, 0.1) is 0 Å². The summed E-state index contributed by atoms with van der Waals surface area (Å²) in [5, 5.41) is 3.85. The number of nitrogens with zero attached hydrogens (tertiary/aromatic N) is 2. The number of nitrogens with two attached hydrogens (primary N) is 1. The first kappa shape index (κ1) is 19.2. The Hall–Kier alpha value is -2.59. The third-order valence-corrected chi connectivity index (χ3v) is 4.62. The van der Waals surface area contributed by atoms with Crippen molar-refractivity contribution < 1.29 is 18.0 Å². The molecule has 4 N–H and O–H groups in total. The third-order valence-electron chi connectivity index (χ3n) is 3.93. The molecule has 1 aromatic carbocycles. The van der Waals surface area contributed by atoms with Gasteiger partial charge in [0.05, 0.1) is 11.3 Å². The Balaban J connectivity index is 1.82. The molecule has 142 valence electrons. The van der Waals surface area contributed by atoms with Gasteiger partial charge in [0.15, 0.2) is 0 Å². The van der Waals surface area contributed by atoms with Gasteiger partial charge in [-0.05, 0) is 46.3 Å². The van der Waals surface area contributed by atoms with E-state index >= 15 is 0 Å². The number of halogens is 4. The van der Waals surface area contributed by atoms with Gasteiger partial charge >= 0.3 is 6.18 Å². The molecule has 0 saturated heterocycles. The van der Waals surface area contributed by atoms with Crippen LogP contribution in [0.5, 0.6) is 0 Å². The maximum absolute atomic E-state index is 12.9. The summed E-state index contributed by atoms with van der Waals surface area (Å²) < 4.78 is 39.3. The number of rotatable bonds is 3. The molecule has 0 aliphatic carbocycles. The van der Waals surface area contributed by atoms with E-state index in [4.69, 9.17) is 5.73 Å². The quantitative estimate of drug-likeness (QED) is 0.679. The number of carbonyl (C=O) groups is 1. The highest BCUT2D eigenvalue weighted by Crippen LogP contribution is 2.32. The third kappa shape index (κ3) is 4.06. The van der Waals surface area contributed by atoms with E-state index in [1.54, 1.807) is 24.3 Å². The van der Waals surface area contributed by atoms with Gasteiger partial charge in [0.2, 0.25) is 0 Å². The molecule has 27 heavy (non-hydrogen) atoms. The lowest BCUT2D eigenvalue weighted by Gasteiger charge is -2.20. The smallest absolute Gasteiger partial charge is 0.383 e. The van der Waals surface area contributed by atoms with E-state index in [0.717, 1.165) is 6.08 Å².